The van der Waals surface area contributed by atoms with Crippen LogP contribution in [0.3, 0.4) is 0 Å². The fourth-order valence-corrected chi connectivity index (χ4v) is 2.59. The molecule has 1 aromatic carbocycles. The minimum Gasteiger partial charge on any atom is -0.355 e. The van der Waals surface area contributed by atoms with Crippen molar-refractivity contribution in [3.63, 3.8) is 0 Å². The van der Waals surface area contributed by atoms with Crippen LogP contribution in [0.2, 0.25) is 0 Å². The Bertz CT molecular complexity index is 800. The Morgan fingerprint density at radius 3 is 2.17 bits per heavy atom. The molecule has 1 heterocycles. The number of nitrogens with one attached hydrogen (secondary N) is 3. The maximum absolute atomic E-state index is 12.1. The second kappa shape index (κ2) is 12.5. The molecule has 0 aliphatic carbocycles. The zero-order valence-electron chi connectivity index (χ0n) is 16.1. The van der Waals surface area contributed by atoms with Crippen LogP contribution in [-0.4, -0.2) is 46.5 Å². The summed E-state index contributed by atoms with van der Waals surface area (Å²) in [5.74, 6) is -0.227. The lowest BCUT2D eigenvalue weighted by Crippen LogP contribution is -2.26. The molecular weight excluding hydrogens is 390 g/mol. The number of carbonyl (C=O) groups excluding carboxylic acids is 3. The summed E-state index contributed by atoms with van der Waals surface area (Å²) in [6.07, 6.45) is 5.52. The predicted molar refractivity (Wildman–Crippen MR) is 114 cm³/mol. The molecule has 8 nitrogen and oxygen atoms in total. The molecule has 0 fully saturated rings. The highest BCUT2D eigenvalue weighted by Gasteiger charge is 2.09. The summed E-state index contributed by atoms with van der Waals surface area (Å²) in [5.41, 5.74) is 1.22. The van der Waals surface area contributed by atoms with E-state index in [0.717, 1.165) is 24.8 Å². The highest BCUT2D eigenvalue weighted by molar-refractivity contribution is 7.81. The van der Waals surface area contributed by atoms with Gasteiger partial charge in [-0.05, 0) is 24.8 Å². The molecule has 0 atom stereocenters. The Labute approximate surface area is 175 Å². The molecule has 3 N–H and O–H groups in total. The van der Waals surface area contributed by atoms with Gasteiger partial charge in [0, 0.05) is 25.5 Å². The molecule has 0 saturated carbocycles. The molecule has 0 saturated heterocycles. The van der Waals surface area contributed by atoms with Gasteiger partial charge in [0.05, 0.1) is 17.7 Å². The minimum absolute atomic E-state index is 0.0821. The normalized spacial score (nSPS) is 10.2. The van der Waals surface area contributed by atoms with Crippen LogP contribution < -0.4 is 16.0 Å². The van der Waals surface area contributed by atoms with Gasteiger partial charge < -0.3 is 10.6 Å². The van der Waals surface area contributed by atoms with E-state index in [1.807, 2.05) is 30.3 Å². The number of unbranched alkanes of at least 4 members (excludes halogenated alkanes) is 2. The van der Waals surface area contributed by atoms with Crippen molar-refractivity contribution in [2.24, 2.45) is 0 Å². The van der Waals surface area contributed by atoms with Crippen LogP contribution in [0.15, 0.2) is 42.7 Å². The molecule has 0 aliphatic rings. The monoisotopic (exact) mass is 415 g/mol. The van der Waals surface area contributed by atoms with E-state index in [-0.39, 0.29) is 35.8 Å². The van der Waals surface area contributed by atoms with Crippen LogP contribution >= 0.6 is 12.6 Å². The maximum atomic E-state index is 12.1. The number of rotatable bonds is 11. The van der Waals surface area contributed by atoms with Crippen molar-refractivity contribution in [1.29, 1.82) is 0 Å². The molecule has 1 aromatic heterocycles. The molecule has 9 heteroatoms. The molecular formula is C20H25N5O3S. The molecule has 0 spiro atoms. The molecule has 0 bridgehead atoms. The van der Waals surface area contributed by atoms with Gasteiger partial charge in [-0.3, -0.25) is 19.7 Å². The molecule has 2 aromatic rings. The van der Waals surface area contributed by atoms with Gasteiger partial charge in [0.25, 0.3) is 5.91 Å². The van der Waals surface area contributed by atoms with E-state index < -0.39 is 0 Å². The Balaban J connectivity index is 1.66. The standard InChI is InChI=1S/C20H25N5O3S/c26-17(11-15-7-3-1-4-8-15)25-20-23-12-16(13-24-20)19(28)22-10-6-2-5-9-21-18(27)14-29/h1,3-4,7-8,12-13,29H,2,5-6,9-11,14H2,(H,21,27)(H,22,28)(H,23,24,25,26). The Morgan fingerprint density at radius 1 is 0.862 bits per heavy atom. The number of hydrogen-bond acceptors (Lipinski definition) is 6. The first kappa shape index (κ1) is 22.4. The average Bonchev–Trinajstić information content (AvgIpc) is 2.73. The van der Waals surface area contributed by atoms with Gasteiger partial charge in [0.1, 0.15) is 0 Å². The van der Waals surface area contributed by atoms with Gasteiger partial charge in [-0.15, -0.1) is 0 Å². The van der Waals surface area contributed by atoms with Crippen LogP contribution in [0.4, 0.5) is 5.95 Å². The van der Waals surface area contributed by atoms with Crippen LogP contribution in [-0.2, 0) is 16.0 Å². The molecule has 0 radical (unpaired) electrons. The van der Waals surface area contributed by atoms with Gasteiger partial charge in [-0.2, -0.15) is 12.6 Å². The van der Waals surface area contributed by atoms with Crippen molar-refractivity contribution in [2.75, 3.05) is 24.2 Å². The van der Waals surface area contributed by atoms with E-state index in [0.29, 0.717) is 18.7 Å². The van der Waals surface area contributed by atoms with Gasteiger partial charge in [-0.25, -0.2) is 9.97 Å². The number of anilines is 1. The van der Waals surface area contributed by atoms with Crippen LogP contribution in [0, 0.1) is 0 Å². The van der Waals surface area contributed by atoms with Crippen LogP contribution in [0.25, 0.3) is 0 Å². The first-order chi connectivity index (χ1) is 14.1. The lowest BCUT2D eigenvalue weighted by molar-refractivity contribution is -0.118. The Kier molecular flexibility index (Phi) is 9.64. The largest absolute Gasteiger partial charge is 0.355 e. The highest BCUT2D eigenvalue weighted by Crippen LogP contribution is 2.04. The third-order valence-electron chi connectivity index (χ3n) is 3.98. The number of amides is 3. The summed E-state index contributed by atoms with van der Waals surface area (Å²) >= 11 is 3.88. The Morgan fingerprint density at radius 2 is 1.52 bits per heavy atom. The van der Waals surface area contributed by atoms with Crippen LogP contribution in [0.1, 0.15) is 35.2 Å². The average molecular weight is 416 g/mol. The van der Waals surface area contributed by atoms with E-state index in [2.05, 4.69) is 38.5 Å². The fraction of sp³-hybridized carbons (Fsp3) is 0.350. The van der Waals surface area contributed by atoms with Crippen LogP contribution in [0.5, 0.6) is 0 Å². The number of aromatic nitrogens is 2. The van der Waals surface area contributed by atoms with Crippen molar-refractivity contribution in [3.8, 4) is 0 Å². The number of carbonyl (C=O) groups is 3. The molecule has 3 amide bonds. The van der Waals surface area contributed by atoms with E-state index >= 15 is 0 Å². The molecule has 0 unspecified atom stereocenters. The van der Waals surface area contributed by atoms with E-state index in [9.17, 15) is 14.4 Å². The zero-order valence-corrected chi connectivity index (χ0v) is 17.0. The molecule has 0 aliphatic heterocycles. The van der Waals surface area contributed by atoms with Gasteiger partial charge in [0.2, 0.25) is 17.8 Å². The number of benzene rings is 1. The first-order valence-corrected chi connectivity index (χ1v) is 10.0. The lowest BCUT2D eigenvalue weighted by Gasteiger charge is -2.07. The smallest absolute Gasteiger partial charge is 0.254 e. The van der Waals surface area contributed by atoms with Crippen molar-refractivity contribution >= 4 is 36.3 Å². The van der Waals surface area contributed by atoms with Gasteiger partial charge in [-0.1, -0.05) is 30.3 Å². The van der Waals surface area contributed by atoms with Crippen molar-refractivity contribution in [2.45, 2.75) is 25.7 Å². The highest BCUT2D eigenvalue weighted by atomic mass is 32.1. The fourth-order valence-electron chi connectivity index (χ4n) is 2.47. The van der Waals surface area contributed by atoms with E-state index in [1.165, 1.54) is 12.4 Å². The summed E-state index contributed by atoms with van der Waals surface area (Å²) < 4.78 is 0. The van der Waals surface area contributed by atoms with E-state index in [1.54, 1.807) is 0 Å². The van der Waals surface area contributed by atoms with Crippen molar-refractivity contribution in [1.82, 2.24) is 20.6 Å². The predicted octanol–water partition coefficient (Wildman–Crippen LogP) is 1.60. The van der Waals surface area contributed by atoms with Gasteiger partial charge in [0.15, 0.2) is 0 Å². The number of hydrogen-bond donors (Lipinski definition) is 4. The molecule has 2 rings (SSSR count). The first-order valence-electron chi connectivity index (χ1n) is 9.40. The summed E-state index contributed by atoms with van der Waals surface area (Å²) in [7, 11) is 0. The quantitative estimate of drug-likeness (QED) is 0.329. The SMILES string of the molecule is O=C(CS)NCCCCCNC(=O)c1cnc(NC(=O)Cc2ccccc2)nc1. The third kappa shape index (κ3) is 8.73. The van der Waals surface area contributed by atoms with Crippen molar-refractivity contribution < 1.29 is 14.4 Å². The lowest BCUT2D eigenvalue weighted by atomic mass is 10.1. The van der Waals surface area contributed by atoms with Crippen molar-refractivity contribution in [3.05, 3.63) is 53.9 Å². The number of thiol groups is 1. The molecule has 154 valence electrons. The topological polar surface area (TPSA) is 113 Å². The summed E-state index contributed by atoms with van der Waals surface area (Å²) in [4.78, 5) is 43.2. The Hall–Kier alpha value is -2.94. The molecule has 29 heavy (non-hydrogen) atoms. The number of nitrogens with zero attached hydrogens (tertiary/aromatic N) is 2. The minimum atomic E-state index is -0.268. The summed E-state index contributed by atoms with van der Waals surface area (Å²) in [6, 6.07) is 9.36. The summed E-state index contributed by atoms with van der Waals surface area (Å²) in [5, 5.41) is 8.15. The van der Waals surface area contributed by atoms with E-state index in [4.69, 9.17) is 0 Å². The summed E-state index contributed by atoms with van der Waals surface area (Å²) in [6.45, 7) is 1.13. The maximum Gasteiger partial charge on any atom is 0.254 e. The zero-order chi connectivity index (χ0) is 20.9. The second-order valence-corrected chi connectivity index (χ2v) is 6.65. The second-order valence-electron chi connectivity index (χ2n) is 6.33. The van der Waals surface area contributed by atoms with Gasteiger partial charge >= 0.3 is 0 Å². The third-order valence-corrected chi connectivity index (χ3v) is 4.26.